The lowest BCUT2D eigenvalue weighted by Crippen LogP contribution is -2.41. The van der Waals surface area contributed by atoms with Crippen LogP contribution in [-0.4, -0.2) is 52.7 Å². The van der Waals surface area contributed by atoms with Gasteiger partial charge in [0.2, 0.25) is 0 Å². The number of hydrogen-bond acceptors (Lipinski definition) is 9. The van der Waals surface area contributed by atoms with Gasteiger partial charge in [0.15, 0.2) is 19.1 Å². The van der Waals surface area contributed by atoms with Gasteiger partial charge in [-0.3, -0.25) is 9.59 Å². The average molecular weight is 874 g/mol. The molecule has 2 aromatic carbocycles. The summed E-state index contributed by atoms with van der Waals surface area (Å²) in [6.07, 6.45) is 0.668. The van der Waals surface area contributed by atoms with Crippen LogP contribution in [0.3, 0.4) is 0 Å². The van der Waals surface area contributed by atoms with Crippen LogP contribution >= 0.6 is 23.2 Å². The predicted molar refractivity (Wildman–Crippen MR) is 238 cm³/mol. The number of nitrogens with zero attached hydrogens (tertiary/aromatic N) is 4. The first-order valence-electron chi connectivity index (χ1n) is 24.3. The summed E-state index contributed by atoms with van der Waals surface area (Å²) >= 11 is 12.0. The van der Waals surface area contributed by atoms with Gasteiger partial charge in [-0.05, 0) is 101 Å². The Kier molecular flexibility index (Phi) is 13.5. The fourth-order valence-electron chi connectivity index (χ4n) is 4.06. The molecule has 11 nitrogen and oxygen atoms in total. The highest BCUT2D eigenvalue weighted by Crippen LogP contribution is 2.36. The fourth-order valence-corrected chi connectivity index (χ4v) is 4.96. The van der Waals surface area contributed by atoms with Crippen LogP contribution in [0.4, 0.5) is 0 Å². The van der Waals surface area contributed by atoms with Crippen LogP contribution in [0.5, 0.6) is 5.75 Å². The molecule has 0 saturated heterocycles. The monoisotopic (exact) mass is 872 g/mol. The highest BCUT2D eigenvalue weighted by Gasteiger charge is 2.36. The molecule has 0 radical (unpaired) electrons. The van der Waals surface area contributed by atoms with Crippen LogP contribution < -0.4 is 15.9 Å². The summed E-state index contributed by atoms with van der Waals surface area (Å²) < 4.78 is 117. The number of aryl methyl sites for hydroxylation is 1. The topological polar surface area (TPSA) is 127 Å². The number of hydrogen-bond donors (Lipinski definition) is 1. The van der Waals surface area contributed by atoms with E-state index in [9.17, 15) is 9.59 Å². The lowest BCUT2D eigenvalue weighted by atomic mass is 10.1. The Labute approximate surface area is 373 Å². The molecule has 2 heterocycles. The first-order chi connectivity index (χ1) is 31.2. The molecule has 58 heavy (non-hydrogen) atoms. The van der Waals surface area contributed by atoms with Crippen molar-refractivity contribution in [3.8, 4) is 5.75 Å². The molecule has 0 unspecified atom stereocenters. The van der Waals surface area contributed by atoms with Gasteiger partial charge in [-0.2, -0.15) is 10.2 Å². The van der Waals surface area contributed by atoms with Crippen LogP contribution in [-0.2, 0) is 51.3 Å². The largest absolute Gasteiger partial charge is 0.485 e. The number of aromatic nitrogens is 4. The van der Waals surface area contributed by atoms with Crippen molar-refractivity contribution in [2.75, 3.05) is 19.7 Å². The summed E-state index contributed by atoms with van der Waals surface area (Å²) in [5, 5.41) is 16.9. The second kappa shape index (κ2) is 22.9. The molecule has 1 N–H and O–H groups in total. The number of benzene rings is 2. The van der Waals surface area contributed by atoms with Gasteiger partial charge in [0.25, 0.3) is 11.1 Å². The molecule has 0 spiro atoms. The molecule has 0 aliphatic heterocycles. The maximum absolute atomic E-state index is 12.5. The fraction of sp³-hybridized carbons (Fsp3) is 0.545. The molecule has 0 bridgehead atoms. The molecular formula is C44H66Cl2N4O7Si. The summed E-state index contributed by atoms with van der Waals surface area (Å²) in [6, 6.07) is 11.6. The molecule has 14 heteroatoms. The van der Waals surface area contributed by atoms with Crippen molar-refractivity contribution in [2.45, 2.75) is 138 Å². The Morgan fingerprint density at radius 2 is 1.16 bits per heavy atom. The van der Waals surface area contributed by atoms with E-state index in [1.54, 1.807) is 33.9 Å². The van der Waals surface area contributed by atoms with Crippen LogP contribution in [0.25, 0.3) is 0 Å². The van der Waals surface area contributed by atoms with Gasteiger partial charge < -0.3 is 23.7 Å². The van der Waals surface area contributed by atoms with E-state index in [0.717, 1.165) is 6.92 Å². The van der Waals surface area contributed by atoms with E-state index in [2.05, 4.69) is 10.2 Å². The summed E-state index contributed by atoms with van der Waals surface area (Å²) in [6.45, 7) is 10.3. The lowest BCUT2D eigenvalue weighted by Gasteiger charge is -2.36. The minimum absolute atomic E-state index is 0.0880. The molecule has 4 rings (SSSR count). The second-order valence-corrected chi connectivity index (χ2v) is 21.9. The Morgan fingerprint density at radius 3 is 1.62 bits per heavy atom. The molecule has 0 amide bonds. The first-order valence-corrected chi connectivity index (χ1v) is 22.0. The molecule has 4 aromatic rings. The number of rotatable bonds is 14. The Balaban J connectivity index is 0.000000431. The maximum Gasteiger partial charge on any atom is 0.289 e. The average Bonchev–Trinajstić information content (AvgIpc) is 3.18. The van der Waals surface area contributed by atoms with Gasteiger partial charge in [-0.1, -0.05) is 99.4 Å². The third kappa shape index (κ3) is 16.4. The Morgan fingerprint density at radius 1 is 0.707 bits per heavy atom. The minimum Gasteiger partial charge on any atom is -0.485 e. The molecule has 0 fully saturated rings. The number of halogens is 2. The van der Waals surface area contributed by atoms with Crippen molar-refractivity contribution in [1.29, 1.82) is 0 Å². The third-order valence-corrected chi connectivity index (χ3v) is 13.5. The van der Waals surface area contributed by atoms with Crippen LogP contribution in [0.1, 0.15) is 120 Å². The smallest absolute Gasteiger partial charge is 0.289 e. The molecule has 2 aromatic heterocycles. The van der Waals surface area contributed by atoms with Gasteiger partial charge in [-0.15, -0.1) is 0 Å². The SMILES string of the molecule is Cc1cnn(C(C)(C)C)c(=O)c1Cl.[2H]C([2H])(O)c1ccc(COC([2H])([2H])C([2H])([2H])C)cc1.[2H]C([2H])(Oc1cnn(C(C)(C)C)c(=O)c1Cl)c1ccc(COC([2H])([2H])C([2H])([2H])O[Si](C)(C)C(C)(C)C)cc1. The van der Waals surface area contributed by atoms with E-state index in [1.165, 1.54) is 64.1 Å². The van der Waals surface area contributed by atoms with Crippen molar-refractivity contribution in [3.63, 3.8) is 0 Å². The summed E-state index contributed by atoms with van der Waals surface area (Å²) in [5.41, 5.74) is 0.164. The van der Waals surface area contributed by atoms with E-state index in [4.69, 9.17) is 63.4 Å². The molecule has 0 saturated carbocycles. The third-order valence-electron chi connectivity index (χ3n) is 8.44. The summed E-state index contributed by atoms with van der Waals surface area (Å²) in [7, 11) is -2.62. The zero-order chi connectivity index (χ0) is 54.7. The maximum atomic E-state index is 12.5. The van der Waals surface area contributed by atoms with Gasteiger partial charge in [0.1, 0.15) is 11.6 Å². The highest BCUT2D eigenvalue weighted by atomic mass is 35.5. The number of ether oxygens (including phenoxy) is 3. The molecular weight excluding hydrogens is 795 g/mol. The second-order valence-electron chi connectivity index (χ2n) is 16.4. The van der Waals surface area contributed by atoms with Crippen molar-refractivity contribution in [3.05, 3.63) is 119 Å². The van der Waals surface area contributed by atoms with E-state index < -0.39 is 58.6 Å². The van der Waals surface area contributed by atoms with Crippen molar-refractivity contribution in [2.24, 2.45) is 0 Å². The Hall–Kier alpha value is -3.36. The van der Waals surface area contributed by atoms with Crippen LogP contribution in [0.2, 0.25) is 28.2 Å². The van der Waals surface area contributed by atoms with E-state index >= 15 is 0 Å². The minimum atomic E-state index is -2.74. The first kappa shape index (κ1) is 34.4. The van der Waals surface area contributed by atoms with Gasteiger partial charge in [0.05, 0.1) is 70.1 Å². The van der Waals surface area contributed by atoms with Crippen molar-refractivity contribution < 1.29 is 40.2 Å². The van der Waals surface area contributed by atoms with Crippen LogP contribution in [0, 0.1) is 6.92 Å². The standard InChI is InChI=1S/C24H37ClN2O4Si.C11H16O2.C9H13ClN2O/c1-23(2,3)27-22(28)21(25)20(15-26-27)30-17-19-11-9-18(10-12-19)16-29-13-14-31-32(7,8)24(4,5)6;1-2-7-13-9-11-5-3-10(8-12)4-6-11;1-6-5-11-12(9(2,3)4)8(13)7(6)10/h9-12,15H,13-14,16-17H2,1-8H3;3-6,12H,2,7-9H2,1H3;5H,1-4H3/i13D2,14D2,17D2;2D2,7D2,8D2;. The van der Waals surface area contributed by atoms with Crippen molar-refractivity contribution >= 4 is 31.5 Å². The lowest BCUT2D eigenvalue weighted by molar-refractivity contribution is 0.0845. The zero-order valence-electron chi connectivity index (χ0n) is 47.6. The van der Waals surface area contributed by atoms with Gasteiger partial charge >= 0.3 is 0 Å². The predicted octanol–water partition coefficient (Wildman–Crippen LogP) is 9.83. The quantitative estimate of drug-likeness (QED) is 0.123. The van der Waals surface area contributed by atoms with Gasteiger partial charge in [-0.25, -0.2) is 9.36 Å². The zero-order valence-corrected chi connectivity index (χ0v) is 38.1. The number of aliphatic hydroxyl groups is 1. The summed E-state index contributed by atoms with van der Waals surface area (Å²) in [5.74, 6) is -0.202. The van der Waals surface area contributed by atoms with Crippen LogP contribution in [0.15, 0.2) is 70.5 Å². The van der Waals surface area contributed by atoms with Gasteiger partial charge in [0, 0.05) is 9.30 Å². The highest BCUT2D eigenvalue weighted by molar-refractivity contribution is 6.74. The van der Waals surface area contributed by atoms with E-state index in [1.807, 2.05) is 54.6 Å². The van der Waals surface area contributed by atoms with E-state index in [-0.39, 0.29) is 56.3 Å². The molecule has 0 atom stereocenters. The Bertz CT molecular complexity index is 2500. The summed E-state index contributed by atoms with van der Waals surface area (Å²) in [4.78, 5) is 24.1. The normalized spacial score (nSPS) is 16.6. The molecule has 322 valence electrons. The molecule has 0 aliphatic carbocycles. The van der Waals surface area contributed by atoms with Crippen molar-refractivity contribution in [1.82, 2.24) is 19.6 Å². The molecule has 0 aliphatic rings. The van der Waals surface area contributed by atoms with E-state index in [0.29, 0.717) is 16.7 Å².